The number of nitriles is 1. The van der Waals surface area contributed by atoms with Crippen LogP contribution in [-0.4, -0.2) is 21.5 Å². The molecule has 0 aliphatic carbocycles. The van der Waals surface area contributed by atoms with Gasteiger partial charge < -0.3 is 18.3 Å². The van der Waals surface area contributed by atoms with Crippen molar-refractivity contribution < 1.29 is 13.8 Å². The summed E-state index contributed by atoms with van der Waals surface area (Å²) in [5, 5.41) is 10.2. The summed E-state index contributed by atoms with van der Waals surface area (Å²) in [5.74, 6) is 1.29. The highest BCUT2D eigenvalue weighted by molar-refractivity contribution is 6.62. The molecule has 0 unspecified atom stereocenters. The number of aryl methyl sites for hydroxylation is 3. The van der Waals surface area contributed by atoms with Crippen molar-refractivity contribution in [3.8, 4) is 17.6 Å². The topological polar surface area (TPSA) is 54.6 Å². The summed E-state index contributed by atoms with van der Waals surface area (Å²) in [7, 11) is 0. The zero-order valence-electron chi connectivity index (χ0n) is 22.1. The van der Waals surface area contributed by atoms with Crippen LogP contribution >= 0.6 is 0 Å². The van der Waals surface area contributed by atoms with Gasteiger partial charge in [-0.2, -0.15) is 5.26 Å². The molecule has 1 aromatic heterocycles. The molecule has 182 valence electrons. The summed E-state index contributed by atoms with van der Waals surface area (Å²) in [6, 6.07) is 14.5. The molecule has 3 aromatic rings. The average Bonchev–Trinajstić information content (AvgIpc) is 3.43. The fourth-order valence-electron chi connectivity index (χ4n) is 6.72. The van der Waals surface area contributed by atoms with E-state index in [9.17, 15) is 5.26 Å². The third kappa shape index (κ3) is 2.72. The van der Waals surface area contributed by atoms with Gasteiger partial charge in [0.05, 0.1) is 17.7 Å². The Morgan fingerprint density at radius 2 is 1.57 bits per heavy atom. The highest BCUT2D eigenvalue weighted by Gasteiger charge is 2.64. The Balaban J connectivity index is 1.84. The molecule has 0 atom stereocenters. The molecular formula is C30H27BN4O2. The summed E-state index contributed by atoms with van der Waals surface area (Å²) in [6.07, 6.45) is 0. The number of fused-ring (bicyclic) bond motifs is 5. The van der Waals surface area contributed by atoms with E-state index < -0.39 is 6.82 Å². The van der Waals surface area contributed by atoms with Crippen molar-refractivity contribution in [2.45, 2.75) is 48.5 Å². The second-order valence-electron chi connectivity index (χ2n) is 10.3. The first-order valence-electron chi connectivity index (χ1n) is 12.4. The lowest BCUT2D eigenvalue weighted by molar-refractivity contribution is -0.369. The van der Waals surface area contributed by atoms with Crippen LogP contribution in [0.2, 0.25) is 0 Å². The van der Waals surface area contributed by atoms with Gasteiger partial charge in [-0.3, -0.25) is 0 Å². The van der Waals surface area contributed by atoms with Crippen molar-refractivity contribution >= 4 is 18.1 Å². The summed E-state index contributed by atoms with van der Waals surface area (Å²) < 4.78 is 17.7. The van der Waals surface area contributed by atoms with Crippen molar-refractivity contribution in [3.05, 3.63) is 110 Å². The van der Waals surface area contributed by atoms with Crippen LogP contribution < -0.4 is 9.31 Å². The second-order valence-corrected chi connectivity index (χ2v) is 10.3. The summed E-state index contributed by atoms with van der Waals surface area (Å²) in [4.78, 5) is 3.94. The van der Waals surface area contributed by atoms with Gasteiger partial charge in [0, 0.05) is 23.9 Å². The number of nitrogens with zero attached hydrogens (tertiary/aromatic N) is 4. The summed E-state index contributed by atoms with van der Waals surface area (Å²) in [6.45, 7) is 19.9. The molecule has 0 amide bonds. The lowest BCUT2D eigenvalue weighted by Crippen LogP contribution is -2.65. The van der Waals surface area contributed by atoms with E-state index in [0.29, 0.717) is 22.8 Å². The molecule has 6 nitrogen and oxygen atoms in total. The standard InChI is InChI=1S/C30H27BN4O2/c1-16-13-17(2)26(18(3)14-16)27-29-19(4)23(15-32)21(6)34(29)31(36-24-11-9-10-12-25(24)37-31)35-22(7)28(33-8)20(5)30(27)35/h9-14H,1-7H3. The van der Waals surface area contributed by atoms with Crippen LogP contribution in [0.4, 0.5) is 0 Å². The number of aromatic nitrogens is 1. The van der Waals surface area contributed by atoms with Gasteiger partial charge in [0.2, 0.25) is 0 Å². The molecule has 0 bridgehead atoms. The molecule has 0 radical (unpaired) electrons. The van der Waals surface area contributed by atoms with E-state index in [-0.39, 0.29) is 0 Å². The first kappa shape index (κ1) is 22.9. The Bertz CT molecular complexity index is 1720. The predicted octanol–water partition coefficient (Wildman–Crippen LogP) is 6.11. The lowest BCUT2D eigenvalue weighted by atomic mass is 9.77. The largest absolute Gasteiger partial charge is 0.779 e. The number of rotatable bonds is 1. The number of hydrogen-bond donors (Lipinski definition) is 0. The fraction of sp³-hybridized carbons (Fsp3) is 0.233. The summed E-state index contributed by atoms with van der Waals surface area (Å²) >= 11 is 0. The van der Waals surface area contributed by atoms with Gasteiger partial charge in [-0.15, -0.1) is 0 Å². The van der Waals surface area contributed by atoms with Crippen LogP contribution in [-0.2, 0) is 0 Å². The minimum atomic E-state index is -2.37. The number of hydrogen-bond acceptors (Lipinski definition) is 3. The van der Waals surface area contributed by atoms with E-state index in [1.807, 2.05) is 52.0 Å². The normalized spacial score (nSPS) is 16.8. The smallest absolute Gasteiger partial charge is 0.599 e. The van der Waals surface area contributed by atoms with Crippen molar-refractivity contribution in [1.29, 1.82) is 5.26 Å². The SMILES string of the molecule is [C-]#[N+]C1=C(C)C2=C(c3c(C)cc(C)cc3C)c3c(C)c(C#N)c(C)n3[B-]3(Oc4ccccc4O3)[N+]2=C1C. The number of para-hydroxylation sites is 2. The van der Waals surface area contributed by atoms with Gasteiger partial charge in [-0.05, 0) is 75.9 Å². The lowest BCUT2D eigenvalue weighted by Gasteiger charge is -2.39. The minimum absolute atomic E-state index is 0.598. The molecule has 3 aliphatic rings. The summed E-state index contributed by atoms with van der Waals surface area (Å²) in [5.41, 5.74) is 11.9. The van der Waals surface area contributed by atoms with Gasteiger partial charge >= 0.3 is 6.82 Å². The Hall–Kier alpha value is -4.49. The third-order valence-electron chi connectivity index (χ3n) is 8.04. The maximum absolute atomic E-state index is 10.2. The fourth-order valence-corrected chi connectivity index (χ4v) is 6.72. The molecule has 0 N–H and O–H groups in total. The molecule has 3 aliphatic heterocycles. The zero-order chi connectivity index (χ0) is 26.4. The average molecular weight is 486 g/mol. The monoisotopic (exact) mass is 486 g/mol. The van der Waals surface area contributed by atoms with Gasteiger partial charge in [0.1, 0.15) is 23.3 Å². The van der Waals surface area contributed by atoms with Crippen molar-refractivity contribution in [2.75, 3.05) is 0 Å². The molecule has 7 heteroatoms. The predicted molar refractivity (Wildman–Crippen MR) is 144 cm³/mol. The maximum atomic E-state index is 10.2. The van der Waals surface area contributed by atoms with E-state index in [0.717, 1.165) is 56.2 Å². The highest BCUT2D eigenvalue weighted by atomic mass is 16.7. The second kappa shape index (κ2) is 7.51. The minimum Gasteiger partial charge on any atom is -0.599 e. The van der Waals surface area contributed by atoms with Gasteiger partial charge in [-0.25, -0.2) is 4.85 Å². The Kier molecular flexibility index (Phi) is 4.66. The first-order valence-corrected chi connectivity index (χ1v) is 12.4. The van der Waals surface area contributed by atoms with Crippen molar-refractivity contribution in [1.82, 2.24) is 4.48 Å². The van der Waals surface area contributed by atoms with E-state index >= 15 is 0 Å². The van der Waals surface area contributed by atoms with E-state index in [4.69, 9.17) is 15.9 Å². The Morgan fingerprint density at radius 3 is 2.11 bits per heavy atom. The molecule has 2 aromatic carbocycles. The molecule has 0 saturated carbocycles. The van der Waals surface area contributed by atoms with E-state index in [2.05, 4.69) is 52.8 Å². The quantitative estimate of drug-likeness (QED) is 0.308. The van der Waals surface area contributed by atoms with Crippen LogP contribution in [0.3, 0.4) is 0 Å². The molecular weight excluding hydrogens is 459 g/mol. The third-order valence-corrected chi connectivity index (χ3v) is 8.04. The van der Waals surface area contributed by atoms with Gasteiger partial charge in [-0.1, -0.05) is 29.8 Å². The van der Waals surface area contributed by atoms with E-state index in [1.165, 1.54) is 5.56 Å². The molecule has 0 fully saturated rings. The Morgan fingerprint density at radius 1 is 0.973 bits per heavy atom. The number of allylic oxidation sites excluding steroid dienone is 2. The number of benzene rings is 2. The highest BCUT2D eigenvalue weighted by Crippen LogP contribution is 2.50. The Labute approximate surface area is 217 Å². The van der Waals surface area contributed by atoms with Crippen LogP contribution in [0.25, 0.3) is 10.4 Å². The van der Waals surface area contributed by atoms with Crippen molar-refractivity contribution in [3.63, 3.8) is 0 Å². The van der Waals surface area contributed by atoms with Crippen LogP contribution in [0.5, 0.6) is 11.5 Å². The first-order chi connectivity index (χ1) is 17.7. The van der Waals surface area contributed by atoms with Crippen LogP contribution in [0.15, 0.2) is 53.4 Å². The van der Waals surface area contributed by atoms with Crippen LogP contribution in [0.1, 0.15) is 58.6 Å². The van der Waals surface area contributed by atoms with Crippen LogP contribution in [0, 0.1) is 52.5 Å². The molecule has 1 spiro atoms. The molecule has 37 heavy (non-hydrogen) atoms. The maximum Gasteiger partial charge on any atom is 0.779 e. The van der Waals surface area contributed by atoms with Crippen molar-refractivity contribution in [2.24, 2.45) is 0 Å². The zero-order valence-corrected chi connectivity index (χ0v) is 22.1. The molecule has 6 rings (SSSR count). The van der Waals surface area contributed by atoms with E-state index in [1.54, 1.807) is 0 Å². The van der Waals surface area contributed by atoms with Gasteiger partial charge in [0.15, 0.2) is 5.70 Å². The molecule has 0 saturated heterocycles. The van der Waals surface area contributed by atoms with Gasteiger partial charge in [0.25, 0.3) is 5.70 Å². The molecule has 4 heterocycles.